The van der Waals surface area contributed by atoms with Gasteiger partial charge < -0.3 is 15.4 Å². The highest BCUT2D eigenvalue weighted by Crippen LogP contribution is 2.29. The molecule has 154 valence electrons. The van der Waals surface area contributed by atoms with Crippen molar-refractivity contribution < 1.29 is 9.53 Å². The van der Waals surface area contributed by atoms with E-state index in [2.05, 4.69) is 0 Å². The molecule has 29 heavy (non-hydrogen) atoms. The zero-order valence-corrected chi connectivity index (χ0v) is 17.6. The van der Waals surface area contributed by atoms with Crippen molar-refractivity contribution in [3.63, 3.8) is 0 Å². The Hall–Kier alpha value is -2.93. The molecule has 1 aromatic carbocycles. The van der Waals surface area contributed by atoms with Crippen LogP contribution in [0, 0.1) is 13.8 Å². The first-order valence-corrected chi connectivity index (χ1v) is 10.0. The smallest absolute Gasteiger partial charge is 0.227 e. The molecule has 0 radical (unpaired) electrons. The van der Waals surface area contributed by atoms with E-state index in [1.165, 1.54) is 0 Å². The molecule has 0 spiro atoms. The van der Waals surface area contributed by atoms with Crippen LogP contribution in [0.3, 0.4) is 0 Å². The number of aryl methyl sites for hydroxylation is 2. The summed E-state index contributed by atoms with van der Waals surface area (Å²) in [6, 6.07) is 9.71. The van der Waals surface area contributed by atoms with E-state index in [0.717, 1.165) is 39.6 Å². The van der Waals surface area contributed by atoms with Crippen molar-refractivity contribution in [2.75, 3.05) is 26.2 Å². The minimum Gasteiger partial charge on any atom is -0.492 e. The molecule has 7 heteroatoms. The van der Waals surface area contributed by atoms with Gasteiger partial charge in [0.15, 0.2) is 5.65 Å². The summed E-state index contributed by atoms with van der Waals surface area (Å²) in [5, 5.41) is 4.80. The number of hydrogen-bond acceptors (Lipinski definition) is 5. The second-order valence-corrected chi connectivity index (χ2v) is 7.01. The number of nitrogens with two attached hydrogens (primary N) is 1. The molecule has 1 amide bonds. The molecule has 0 aliphatic heterocycles. The number of amides is 1. The molecular formula is C22H29N5O2. The zero-order valence-electron chi connectivity index (χ0n) is 17.6. The van der Waals surface area contributed by atoms with Gasteiger partial charge in [-0.1, -0.05) is 0 Å². The summed E-state index contributed by atoms with van der Waals surface area (Å²) in [5.74, 6) is 0.837. The highest BCUT2D eigenvalue weighted by Gasteiger charge is 2.21. The normalized spacial score (nSPS) is 11.1. The van der Waals surface area contributed by atoms with Crippen molar-refractivity contribution in [3.8, 4) is 17.0 Å². The van der Waals surface area contributed by atoms with Gasteiger partial charge in [-0.25, -0.2) is 9.50 Å². The second-order valence-electron chi connectivity index (χ2n) is 7.01. The first-order valence-electron chi connectivity index (χ1n) is 10.0. The predicted octanol–water partition coefficient (Wildman–Crippen LogP) is 2.76. The maximum absolute atomic E-state index is 12.9. The van der Waals surface area contributed by atoms with E-state index in [4.69, 9.17) is 20.6 Å². The van der Waals surface area contributed by atoms with E-state index in [9.17, 15) is 4.79 Å². The van der Waals surface area contributed by atoms with Crippen LogP contribution < -0.4 is 10.5 Å². The number of carbonyl (C=O) groups excluding carboxylic acids is 1. The Morgan fingerprint density at radius 3 is 2.48 bits per heavy atom. The van der Waals surface area contributed by atoms with Crippen LogP contribution >= 0.6 is 0 Å². The third kappa shape index (κ3) is 4.40. The lowest BCUT2D eigenvalue weighted by atomic mass is 10.0. The summed E-state index contributed by atoms with van der Waals surface area (Å²) in [4.78, 5) is 19.4. The third-order valence-electron chi connectivity index (χ3n) is 4.95. The van der Waals surface area contributed by atoms with E-state index in [1.807, 2.05) is 67.4 Å². The number of likely N-dealkylation sites (N-methyl/N-ethyl adjacent to an activating group) is 1. The van der Waals surface area contributed by atoms with E-state index >= 15 is 0 Å². The minimum atomic E-state index is 0.0787. The summed E-state index contributed by atoms with van der Waals surface area (Å²) < 4.78 is 7.40. The molecule has 0 bridgehead atoms. The molecule has 0 aliphatic rings. The Bertz CT molecular complexity index is 991. The minimum absolute atomic E-state index is 0.0787. The molecule has 2 aromatic heterocycles. The van der Waals surface area contributed by atoms with Crippen molar-refractivity contribution in [1.82, 2.24) is 19.5 Å². The van der Waals surface area contributed by atoms with Gasteiger partial charge in [-0.2, -0.15) is 5.10 Å². The molecule has 0 saturated heterocycles. The van der Waals surface area contributed by atoms with Crippen LogP contribution in [0.25, 0.3) is 16.9 Å². The van der Waals surface area contributed by atoms with Crippen molar-refractivity contribution >= 4 is 11.6 Å². The fourth-order valence-electron chi connectivity index (χ4n) is 3.48. The van der Waals surface area contributed by atoms with Crippen LogP contribution in [0.1, 0.15) is 30.8 Å². The van der Waals surface area contributed by atoms with Crippen LogP contribution in [0.15, 0.2) is 30.3 Å². The van der Waals surface area contributed by atoms with Crippen LogP contribution in [0.4, 0.5) is 0 Å². The molecular weight excluding hydrogens is 366 g/mol. The lowest BCUT2D eigenvalue weighted by Crippen LogP contribution is -2.31. The van der Waals surface area contributed by atoms with E-state index in [0.29, 0.717) is 26.2 Å². The molecule has 7 nitrogen and oxygen atoms in total. The van der Waals surface area contributed by atoms with Crippen LogP contribution in [0.2, 0.25) is 0 Å². The molecule has 0 atom stereocenters. The Balaban J connectivity index is 2.08. The molecule has 2 heterocycles. The quantitative estimate of drug-likeness (QED) is 0.634. The lowest BCUT2D eigenvalue weighted by molar-refractivity contribution is -0.130. The van der Waals surface area contributed by atoms with Gasteiger partial charge in [0.2, 0.25) is 5.91 Å². The molecule has 3 rings (SSSR count). The average molecular weight is 396 g/mol. The molecule has 0 fully saturated rings. The average Bonchev–Trinajstić information content (AvgIpc) is 3.06. The van der Waals surface area contributed by atoms with Crippen molar-refractivity contribution in [2.45, 2.75) is 34.1 Å². The van der Waals surface area contributed by atoms with Crippen molar-refractivity contribution in [1.29, 1.82) is 0 Å². The molecule has 0 saturated carbocycles. The number of hydrogen-bond donors (Lipinski definition) is 1. The van der Waals surface area contributed by atoms with E-state index in [-0.39, 0.29) is 12.3 Å². The van der Waals surface area contributed by atoms with Crippen molar-refractivity contribution in [2.24, 2.45) is 5.73 Å². The van der Waals surface area contributed by atoms with E-state index < -0.39 is 0 Å². The number of ether oxygens (including phenoxy) is 1. The SMILES string of the molecule is CCN(CC)C(=O)Cc1c(-c2ccc(OCCN)cc2)nn2c(C)cc(C)nc12. The van der Waals surface area contributed by atoms with Gasteiger partial charge in [-0.3, -0.25) is 4.79 Å². The van der Waals surface area contributed by atoms with Gasteiger partial charge in [-0.05, 0) is 58.0 Å². The first-order chi connectivity index (χ1) is 14.0. The highest BCUT2D eigenvalue weighted by molar-refractivity contribution is 5.84. The summed E-state index contributed by atoms with van der Waals surface area (Å²) in [7, 11) is 0. The number of benzene rings is 1. The number of nitrogens with zero attached hydrogens (tertiary/aromatic N) is 4. The van der Waals surface area contributed by atoms with Gasteiger partial charge in [0.25, 0.3) is 0 Å². The van der Waals surface area contributed by atoms with Gasteiger partial charge in [0.1, 0.15) is 12.4 Å². The topological polar surface area (TPSA) is 85.8 Å². The van der Waals surface area contributed by atoms with Gasteiger partial charge >= 0.3 is 0 Å². The molecule has 3 aromatic rings. The van der Waals surface area contributed by atoms with Gasteiger partial charge in [0.05, 0.1) is 12.1 Å². The third-order valence-corrected chi connectivity index (χ3v) is 4.95. The maximum atomic E-state index is 12.9. The lowest BCUT2D eigenvalue weighted by Gasteiger charge is -2.18. The highest BCUT2D eigenvalue weighted by atomic mass is 16.5. The maximum Gasteiger partial charge on any atom is 0.227 e. The standard InChI is InChI=1S/C22H29N5O2/c1-5-26(6-2)20(28)14-19-21(17-7-9-18(10-8-17)29-12-11-23)25-27-16(4)13-15(3)24-22(19)27/h7-10,13H,5-6,11-12,14,23H2,1-4H3. The Morgan fingerprint density at radius 2 is 1.86 bits per heavy atom. The Labute approximate surface area is 171 Å². The monoisotopic (exact) mass is 395 g/mol. The zero-order chi connectivity index (χ0) is 21.0. The Morgan fingerprint density at radius 1 is 1.17 bits per heavy atom. The fourth-order valence-corrected chi connectivity index (χ4v) is 3.48. The first kappa shape index (κ1) is 20.8. The summed E-state index contributed by atoms with van der Waals surface area (Å²) >= 11 is 0. The van der Waals surface area contributed by atoms with Crippen LogP contribution in [-0.4, -0.2) is 51.6 Å². The van der Waals surface area contributed by atoms with Crippen LogP contribution in [0.5, 0.6) is 5.75 Å². The van der Waals surface area contributed by atoms with Crippen molar-refractivity contribution in [3.05, 3.63) is 47.3 Å². The number of rotatable bonds is 8. The van der Waals surface area contributed by atoms with Gasteiger partial charge in [-0.15, -0.1) is 0 Å². The largest absolute Gasteiger partial charge is 0.492 e. The second kappa shape index (κ2) is 9.05. The number of aromatic nitrogens is 3. The Kier molecular flexibility index (Phi) is 6.49. The summed E-state index contributed by atoms with van der Waals surface area (Å²) in [5.41, 5.74) is 10.7. The molecule has 0 unspecified atom stereocenters. The summed E-state index contributed by atoms with van der Waals surface area (Å²) in [6.45, 7) is 10.2. The van der Waals surface area contributed by atoms with Gasteiger partial charge in [0, 0.05) is 42.1 Å². The number of fused-ring (bicyclic) bond motifs is 1. The van der Waals surface area contributed by atoms with Crippen LogP contribution in [-0.2, 0) is 11.2 Å². The molecule has 2 N–H and O–H groups in total. The van der Waals surface area contributed by atoms with E-state index in [1.54, 1.807) is 0 Å². The predicted molar refractivity (Wildman–Crippen MR) is 114 cm³/mol. The fraction of sp³-hybridized carbons (Fsp3) is 0.409. The number of carbonyl (C=O) groups is 1. The summed E-state index contributed by atoms with van der Waals surface area (Å²) in [6.07, 6.45) is 0.266. The molecule has 0 aliphatic carbocycles.